The highest BCUT2D eigenvalue weighted by Crippen LogP contribution is 2.28. The summed E-state index contributed by atoms with van der Waals surface area (Å²) in [5.74, 6) is -0.249. The van der Waals surface area contributed by atoms with Crippen LogP contribution in [0.4, 0.5) is 10.5 Å². The van der Waals surface area contributed by atoms with Crippen LogP contribution in [0, 0.1) is 5.92 Å². The van der Waals surface area contributed by atoms with Gasteiger partial charge in [0.25, 0.3) is 5.91 Å². The lowest BCUT2D eigenvalue weighted by Crippen LogP contribution is -2.29. The summed E-state index contributed by atoms with van der Waals surface area (Å²) in [5.41, 5.74) is 8.09. The summed E-state index contributed by atoms with van der Waals surface area (Å²) in [6, 6.07) is 7.88. The first kappa shape index (κ1) is 27.3. The first-order chi connectivity index (χ1) is 16.5. The molecule has 5 N–H and O–H groups in total. The number of nitrogens with zero attached hydrogens (tertiary/aromatic N) is 1. The van der Waals surface area contributed by atoms with E-state index in [0.29, 0.717) is 29.4 Å². The predicted molar refractivity (Wildman–Crippen MR) is 138 cm³/mol. The van der Waals surface area contributed by atoms with E-state index in [1.165, 1.54) is 18.2 Å². The lowest BCUT2D eigenvalue weighted by atomic mass is 10.1. The van der Waals surface area contributed by atoms with Crippen molar-refractivity contribution in [3.8, 4) is 0 Å². The van der Waals surface area contributed by atoms with Gasteiger partial charge in [-0.2, -0.15) is 0 Å². The molecule has 1 aliphatic heterocycles. The van der Waals surface area contributed by atoms with Crippen LogP contribution in [0.5, 0.6) is 0 Å². The van der Waals surface area contributed by atoms with Gasteiger partial charge in [-0.25, -0.2) is 13.2 Å². The molecule has 1 fully saturated rings. The normalized spacial score (nSPS) is 16.3. The van der Waals surface area contributed by atoms with Gasteiger partial charge in [-0.3, -0.25) is 9.69 Å². The second kappa shape index (κ2) is 11.6. The number of hydrogen-bond acceptors (Lipinski definition) is 6. The van der Waals surface area contributed by atoms with Crippen LogP contribution in [-0.2, 0) is 22.9 Å². The van der Waals surface area contributed by atoms with Gasteiger partial charge >= 0.3 is 6.09 Å². The molecule has 0 bridgehead atoms. The number of halogens is 2. The summed E-state index contributed by atoms with van der Waals surface area (Å²) in [7, 11) is -3.48. The summed E-state index contributed by atoms with van der Waals surface area (Å²) >= 11 is 9.57. The number of benzene rings is 2. The Morgan fingerprint density at radius 2 is 1.97 bits per heavy atom. The first-order valence-corrected chi connectivity index (χ1v) is 13.9. The molecule has 0 saturated carbocycles. The molecule has 1 atom stereocenters. The highest BCUT2D eigenvalue weighted by Gasteiger charge is 2.24. The van der Waals surface area contributed by atoms with Gasteiger partial charge in [-0.15, -0.1) is 0 Å². The molecule has 9 nitrogen and oxygen atoms in total. The number of carbonyl (C=O) groups excluding carboxylic acids is 1. The van der Waals surface area contributed by atoms with Gasteiger partial charge in [0, 0.05) is 41.4 Å². The van der Waals surface area contributed by atoms with Crippen molar-refractivity contribution in [3.63, 3.8) is 0 Å². The Morgan fingerprint density at radius 1 is 1.23 bits per heavy atom. The highest BCUT2D eigenvalue weighted by molar-refractivity contribution is 9.10. The third-order valence-corrected chi connectivity index (χ3v) is 8.75. The Kier molecular flexibility index (Phi) is 9.03. The van der Waals surface area contributed by atoms with E-state index in [-0.39, 0.29) is 28.7 Å². The fourth-order valence-corrected chi connectivity index (χ4v) is 5.85. The van der Waals surface area contributed by atoms with Crippen molar-refractivity contribution in [2.45, 2.75) is 31.3 Å². The van der Waals surface area contributed by atoms with Gasteiger partial charge in [0.1, 0.15) is 0 Å². The molecule has 3 rings (SSSR count). The van der Waals surface area contributed by atoms with Crippen LogP contribution in [0.1, 0.15) is 34.8 Å². The van der Waals surface area contributed by atoms with Gasteiger partial charge in [-0.05, 0) is 60.3 Å². The molecule has 2 amide bonds. The highest BCUT2D eigenvalue weighted by atomic mass is 79.9. The summed E-state index contributed by atoms with van der Waals surface area (Å²) in [4.78, 5) is 25.9. The summed E-state index contributed by atoms with van der Waals surface area (Å²) < 4.78 is 25.5. The summed E-state index contributed by atoms with van der Waals surface area (Å²) in [6.07, 6.45) is -0.126. The topological polar surface area (TPSA) is 142 Å². The molecular formula is C23H28BrClN4O5S. The number of carbonyl (C=O) groups is 2. The minimum atomic E-state index is -3.48. The van der Waals surface area contributed by atoms with Crippen LogP contribution in [0.25, 0.3) is 0 Å². The number of likely N-dealkylation sites (tertiary alicyclic amines) is 1. The summed E-state index contributed by atoms with van der Waals surface area (Å²) in [5, 5.41) is 14.3. The van der Waals surface area contributed by atoms with Crippen LogP contribution in [0.15, 0.2) is 39.7 Å². The number of hydrogen-bond donors (Lipinski definition) is 4. The Balaban J connectivity index is 1.68. The molecule has 2 aromatic carbocycles. The number of sulfone groups is 1. The zero-order valence-corrected chi connectivity index (χ0v) is 22.3. The fraction of sp³-hybridized carbons (Fsp3) is 0.391. The lowest BCUT2D eigenvalue weighted by molar-refractivity contribution is 0.0951. The zero-order valence-electron chi connectivity index (χ0n) is 19.2. The van der Waals surface area contributed by atoms with Crippen LogP contribution >= 0.6 is 27.5 Å². The maximum Gasteiger partial charge on any atom is 0.404 e. The van der Waals surface area contributed by atoms with Crippen LogP contribution in [0.2, 0.25) is 5.02 Å². The van der Waals surface area contributed by atoms with Crippen molar-refractivity contribution in [2.24, 2.45) is 5.92 Å². The Morgan fingerprint density at radius 3 is 2.66 bits per heavy atom. The molecule has 0 aromatic heterocycles. The van der Waals surface area contributed by atoms with Crippen molar-refractivity contribution in [1.82, 2.24) is 15.5 Å². The number of nitrogen functional groups attached to an aromatic ring is 1. The number of rotatable bonds is 9. The van der Waals surface area contributed by atoms with Crippen molar-refractivity contribution in [1.29, 1.82) is 0 Å². The molecule has 0 spiro atoms. The number of amides is 2. The van der Waals surface area contributed by atoms with Crippen LogP contribution < -0.4 is 16.4 Å². The molecule has 190 valence electrons. The zero-order chi connectivity index (χ0) is 25.8. The van der Waals surface area contributed by atoms with Crippen LogP contribution in [-0.4, -0.2) is 55.8 Å². The predicted octanol–water partition coefficient (Wildman–Crippen LogP) is 3.50. The molecule has 1 heterocycles. The van der Waals surface area contributed by atoms with Crippen molar-refractivity contribution < 1.29 is 23.1 Å². The number of anilines is 1. The number of nitrogens with two attached hydrogens (primary N) is 1. The number of carboxylic acid groups (broad SMARTS) is 1. The van der Waals surface area contributed by atoms with Gasteiger partial charge in [0.05, 0.1) is 16.2 Å². The van der Waals surface area contributed by atoms with Crippen molar-refractivity contribution in [3.05, 3.63) is 56.5 Å². The van der Waals surface area contributed by atoms with E-state index in [9.17, 15) is 18.0 Å². The quantitative estimate of drug-likeness (QED) is 0.329. The van der Waals surface area contributed by atoms with E-state index < -0.39 is 21.8 Å². The second-order valence-corrected chi connectivity index (χ2v) is 12.0. The monoisotopic (exact) mass is 586 g/mol. The standard InChI is InChI=1S/C23H28BrClN4O5S/c1-2-35(33,34)21-4-3-17(25)7-15(21)11-27-22(30)18-9-19(24)16(8-20(18)26)13-29-6-5-14(12-29)10-28-23(31)32/h3-4,7-9,14,28H,2,5-6,10-13,26H2,1H3,(H,27,30)(H,31,32)/t14-/m1/s1. The van der Waals surface area contributed by atoms with E-state index in [4.69, 9.17) is 22.4 Å². The van der Waals surface area contributed by atoms with Gasteiger partial charge < -0.3 is 21.5 Å². The molecule has 2 aromatic rings. The smallest absolute Gasteiger partial charge is 0.404 e. The van der Waals surface area contributed by atoms with Crippen molar-refractivity contribution >= 4 is 55.1 Å². The van der Waals surface area contributed by atoms with E-state index in [2.05, 4.69) is 31.5 Å². The molecule has 1 aliphatic rings. The molecule has 0 unspecified atom stereocenters. The van der Waals surface area contributed by atoms with E-state index in [0.717, 1.165) is 29.5 Å². The molecular weight excluding hydrogens is 560 g/mol. The van der Waals surface area contributed by atoms with E-state index in [1.54, 1.807) is 19.1 Å². The van der Waals surface area contributed by atoms with E-state index in [1.807, 2.05) is 0 Å². The maximum absolute atomic E-state index is 12.9. The molecule has 0 radical (unpaired) electrons. The minimum Gasteiger partial charge on any atom is -0.465 e. The minimum absolute atomic E-state index is 0.0215. The van der Waals surface area contributed by atoms with E-state index >= 15 is 0 Å². The molecule has 1 saturated heterocycles. The lowest BCUT2D eigenvalue weighted by Gasteiger charge is -2.18. The fourth-order valence-electron chi connectivity index (χ4n) is 4.07. The Bertz CT molecular complexity index is 1220. The Hall–Kier alpha value is -2.34. The van der Waals surface area contributed by atoms with Crippen molar-refractivity contribution in [2.75, 3.05) is 31.1 Å². The molecule has 0 aliphatic carbocycles. The van der Waals surface area contributed by atoms with Gasteiger partial charge in [0.15, 0.2) is 9.84 Å². The largest absolute Gasteiger partial charge is 0.465 e. The summed E-state index contributed by atoms with van der Waals surface area (Å²) in [6.45, 7) is 4.16. The van der Waals surface area contributed by atoms with Crippen LogP contribution in [0.3, 0.4) is 0 Å². The number of nitrogens with one attached hydrogen (secondary N) is 2. The van der Waals surface area contributed by atoms with Gasteiger partial charge in [0.2, 0.25) is 0 Å². The molecule has 35 heavy (non-hydrogen) atoms. The van der Waals surface area contributed by atoms with Gasteiger partial charge in [-0.1, -0.05) is 34.5 Å². The average molecular weight is 588 g/mol. The maximum atomic E-state index is 12.9. The first-order valence-electron chi connectivity index (χ1n) is 11.1. The average Bonchev–Trinajstić information content (AvgIpc) is 3.25. The SMILES string of the molecule is CCS(=O)(=O)c1ccc(Cl)cc1CNC(=O)c1cc(Br)c(CN2CC[C@H](CNC(=O)O)C2)cc1N. The third-order valence-electron chi connectivity index (χ3n) is 5.95. The second-order valence-electron chi connectivity index (χ2n) is 8.44. The third kappa shape index (κ3) is 7.09. The Labute approximate surface area is 218 Å². The molecule has 12 heteroatoms.